The zero-order valence-corrected chi connectivity index (χ0v) is 9.03. The van der Waals surface area contributed by atoms with E-state index in [1.54, 1.807) is 0 Å². The Kier molecular flexibility index (Phi) is 3.11. The molecule has 0 spiro atoms. The maximum Gasteiger partial charge on any atom is 0.335 e. The van der Waals surface area contributed by atoms with Crippen molar-refractivity contribution in [2.75, 3.05) is 0 Å². The number of rotatable bonds is 3. The molecule has 1 rings (SSSR count). The topological polar surface area (TPSA) is 173 Å². The standard InChI is InChI=1S/C9H12O9/c10-4(11)7(16)1-8(17,5(12)13)3-9(18,2-7)6(14)15/h16-18H,1-3H2,(H,10,11)(H,12,13)(H,14,15). The number of carboxylic acids is 3. The van der Waals surface area contributed by atoms with Crippen LogP contribution in [0.4, 0.5) is 0 Å². The largest absolute Gasteiger partial charge is 0.479 e. The number of hydrogen-bond donors (Lipinski definition) is 6. The van der Waals surface area contributed by atoms with Crippen molar-refractivity contribution < 1.29 is 45.0 Å². The maximum absolute atomic E-state index is 10.8. The van der Waals surface area contributed by atoms with Gasteiger partial charge in [-0.25, -0.2) is 14.4 Å². The number of carboxylic acid groups (broad SMARTS) is 3. The zero-order valence-electron chi connectivity index (χ0n) is 9.03. The molecule has 0 atom stereocenters. The van der Waals surface area contributed by atoms with E-state index in [0.29, 0.717) is 0 Å². The molecule has 1 aliphatic carbocycles. The Bertz CT molecular complexity index is 344. The van der Waals surface area contributed by atoms with Crippen LogP contribution >= 0.6 is 0 Å². The van der Waals surface area contributed by atoms with Crippen LogP contribution in [-0.4, -0.2) is 65.4 Å². The van der Waals surface area contributed by atoms with Crippen LogP contribution in [0.5, 0.6) is 0 Å². The minimum atomic E-state index is -2.83. The maximum atomic E-state index is 10.8. The molecule has 0 amide bonds. The van der Waals surface area contributed by atoms with Crippen LogP contribution < -0.4 is 0 Å². The second-order valence-corrected chi connectivity index (χ2v) is 4.54. The minimum absolute atomic E-state index is 1.11. The summed E-state index contributed by atoms with van der Waals surface area (Å²) in [5.74, 6) is -5.75. The van der Waals surface area contributed by atoms with E-state index in [0.717, 1.165) is 0 Å². The Labute approximate surface area is 99.9 Å². The number of hydrogen-bond acceptors (Lipinski definition) is 6. The lowest BCUT2D eigenvalue weighted by atomic mass is 9.67. The molecule has 0 radical (unpaired) electrons. The van der Waals surface area contributed by atoms with Crippen LogP contribution in [0.2, 0.25) is 0 Å². The Morgan fingerprint density at radius 1 is 0.611 bits per heavy atom. The molecule has 0 aromatic heterocycles. The van der Waals surface area contributed by atoms with Crippen molar-refractivity contribution in [3.05, 3.63) is 0 Å². The second-order valence-electron chi connectivity index (χ2n) is 4.54. The van der Waals surface area contributed by atoms with Gasteiger partial charge in [0.15, 0.2) is 16.8 Å². The molecule has 1 saturated carbocycles. The van der Waals surface area contributed by atoms with E-state index in [1.807, 2.05) is 0 Å². The van der Waals surface area contributed by atoms with E-state index in [1.165, 1.54) is 0 Å². The molecule has 0 aromatic carbocycles. The summed E-state index contributed by atoms with van der Waals surface area (Å²) in [5, 5.41) is 55.3. The van der Waals surface area contributed by atoms with E-state index in [-0.39, 0.29) is 0 Å². The van der Waals surface area contributed by atoms with Crippen LogP contribution in [-0.2, 0) is 14.4 Å². The van der Waals surface area contributed by atoms with Gasteiger partial charge in [0, 0.05) is 19.3 Å². The first-order valence-corrected chi connectivity index (χ1v) is 4.83. The first-order valence-electron chi connectivity index (χ1n) is 4.83. The summed E-state index contributed by atoms with van der Waals surface area (Å²) in [7, 11) is 0. The molecule has 0 aliphatic heterocycles. The average molecular weight is 264 g/mol. The summed E-state index contributed by atoms with van der Waals surface area (Å²) in [4.78, 5) is 32.5. The molecule has 6 N–H and O–H groups in total. The van der Waals surface area contributed by atoms with Crippen LogP contribution in [0, 0.1) is 0 Å². The third-order valence-corrected chi connectivity index (χ3v) is 2.95. The van der Waals surface area contributed by atoms with Crippen molar-refractivity contribution in [1.29, 1.82) is 0 Å². The molecule has 102 valence electrons. The van der Waals surface area contributed by atoms with Gasteiger partial charge in [-0.1, -0.05) is 0 Å². The summed E-state index contributed by atoms with van der Waals surface area (Å²) < 4.78 is 0. The molecule has 1 fully saturated rings. The Hall–Kier alpha value is -1.71. The van der Waals surface area contributed by atoms with E-state index < -0.39 is 54.0 Å². The van der Waals surface area contributed by atoms with Gasteiger partial charge in [0.2, 0.25) is 0 Å². The molecule has 0 heterocycles. The first-order chi connectivity index (χ1) is 7.95. The van der Waals surface area contributed by atoms with Gasteiger partial charge in [-0.05, 0) is 0 Å². The highest BCUT2D eigenvalue weighted by Crippen LogP contribution is 2.42. The fourth-order valence-corrected chi connectivity index (χ4v) is 2.09. The zero-order chi connectivity index (χ0) is 14.4. The van der Waals surface area contributed by atoms with E-state index >= 15 is 0 Å². The van der Waals surface area contributed by atoms with E-state index in [9.17, 15) is 29.7 Å². The number of aliphatic hydroxyl groups is 3. The summed E-state index contributed by atoms with van der Waals surface area (Å²) in [6, 6.07) is 0. The smallest absolute Gasteiger partial charge is 0.335 e. The van der Waals surface area contributed by atoms with E-state index in [2.05, 4.69) is 0 Å². The van der Waals surface area contributed by atoms with Crippen molar-refractivity contribution in [3.63, 3.8) is 0 Å². The van der Waals surface area contributed by atoms with Gasteiger partial charge in [-0.3, -0.25) is 0 Å². The number of carbonyl (C=O) groups is 3. The summed E-state index contributed by atoms with van der Waals surface area (Å²) in [5.41, 5.74) is -8.50. The normalized spacial score (nSPS) is 40.2. The van der Waals surface area contributed by atoms with E-state index in [4.69, 9.17) is 15.3 Å². The lowest BCUT2D eigenvalue weighted by Crippen LogP contribution is -2.64. The highest BCUT2D eigenvalue weighted by Gasteiger charge is 2.62. The molecule has 9 heteroatoms. The van der Waals surface area contributed by atoms with Crippen molar-refractivity contribution in [2.45, 2.75) is 36.1 Å². The Balaban J connectivity index is 3.28. The highest BCUT2D eigenvalue weighted by molar-refractivity contribution is 5.87. The van der Waals surface area contributed by atoms with Crippen LogP contribution in [0.15, 0.2) is 0 Å². The Morgan fingerprint density at radius 2 is 0.778 bits per heavy atom. The predicted octanol–water partition coefficient (Wildman–Crippen LogP) is -2.38. The van der Waals surface area contributed by atoms with Gasteiger partial charge in [0.05, 0.1) is 0 Å². The Morgan fingerprint density at radius 3 is 0.889 bits per heavy atom. The van der Waals surface area contributed by atoms with Crippen LogP contribution in [0.3, 0.4) is 0 Å². The van der Waals surface area contributed by atoms with Gasteiger partial charge in [0.1, 0.15) is 0 Å². The molecule has 18 heavy (non-hydrogen) atoms. The van der Waals surface area contributed by atoms with Crippen molar-refractivity contribution >= 4 is 17.9 Å². The third-order valence-electron chi connectivity index (χ3n) is 2.95. The summed E-state index contributed by atoms with van der Waals surface area (Å²) in [6.07, 6.45) is -3.33. The van der Waals surface area contributed by atoms with Gasteiger partial charge in [-0.15, -0.1) is 0 Å². The lowest BCUT2D eigenvalue weighted by molar-refractivity contribution is -0.215. The number of aliphatic carboxylic acids is 3. The molecule has 9 nitrogen and oxygen atoms in total. The quantitative estimate of drug-likeness (QED) is 0.325. The van der Waals surface area contributed by atoms with Crippen molar-refractivity contribution in [2.24, 2.45) is 0 Å². The molecule has 1 aliphatic rings. The molecular formula is C9H12O9. The van der Waals surface area contributed by atoms with Gasteiger partial charge in [0.25, 0.3) is 0 Å². The van der Waals surface area contributed by atoms with Gasteiger partial charge in [-0.2, -0.15) is 0 Å². The van der Waals surface area contributed by atoms with Gasteiger partial charge >= 0.3 is 17.9 Å². The SMILES string of the molecule is O=C(O)C1(O)CC(O)(C(=O)O)CC(O)(C(=O)O)C1. The lowest BCUT2D eigenvalue weighted by Gasteiger charge is -2.43. The molecular weight excluding hydrogens is 252 g/mol. The fourth-order valence-electron chi connectivity index (χ4n) is 2.09. The minimum Gasteiger partial charge on any atom is -0.479 e. The first kappa shape index (κ1) is 14.4. The third kappa shape index (κ3) is 2.15. The summed E-state index contributed by atoms with van der Waals surface area (Å²) >= 11 is 0. The second kappa shape index (κ2) is 3.90. The van der Waals surface area contributed by atoms with Crippen LogP contribution in [0.25, 0.3) is 0 Å². The van der Waals surface area contributed by atoms with Gasteiger partial charge < -0.3 is 30.6 Å². The van der Waals surface area contributed by atoms with Crippen molar-refractivity contribution in [3.8, 4) is 0 Å². The summed E-state index contributed by atoms with van der Waals surface area (Å²) in [6.45, 7) is 0. The molecule has 0 aromatic rings. The average Bonchev–Trinajstić information content (AvgIpc) is 2.14. The highest BCUT2D eigenvalue weighted by atomic mass is 16.4. The molecule has 0 bridgehead atoms. The van der Waals surface area contributed by atoms with Crippen molar-refractivity contribution in [1.82, 2.24) is 0 Å². The van der Waals surface area contributed by atoms with Crippen LogP contribution in [0.1, 0.15) is 19.3 Å². The fraction of sp³-hybridized carbons (Fsp3) is 0.667. The monoisotopic (exact) mass is 264 g/mol. The molecule has 0 saturated heterocycles. The predicted molar refractivity (Wildman–Crippen MR) is 51.6 cm³/mol. The molecule has 0 unspecified atom stereocenters.